The van der Waals surface area contributed by atoms with Gasteiger partial charge in [0.1, 0.15) is 5.82 Å². The lowest BCUT2D eigenvalue weighted by molar-refractivity contribution is -0.118. The normalized spacial score (nSPS) is 10.4. The van der Waals surface area contributed by atoms with Crippen LogP contribution in [0.3, 0.4) is 0 Å². The molecule has 0 fully saturated rings. The summed E-state index contributed by atoms with van der Waals surface area (Å²) in [5.74, 6) is 0.880. The van der Waals surface area contributed by atoms with E-state index in [0.29, 0.717) is 18.1 Å². The van der Waals surface area contributed by atoms with Crippen molar-refractivity contribution in [1.82, 2.24) is 10.3 Å². The van der Waals surface area contributed by atoms with Crippen LogP contribution in [0.25, 0.3) is 0 Å². The topological polar surface area (TPSA) is 44.9 Å². The van der Waals surface area contributed by atoms with E-state index in [1.165, 1.54) is 23.9 Å². The molecule has 2 rings (SSSR count). The van der Waals surface area contributed by atoms with Crippen LogP contribution in [0.1, 0.15) is 11.1 Å². The Morgan fingerprint density at radius 3 is 2.68 bits per heavy atom. The lowest BCUT2D eigenvalue weighted by Crippen LogP contribution is -2.24. The molecular weight excluding hydrogens is 263 g/mol. The number of rotatable bonds is 6. The van der Waals surface area contributed by atoms with Crippen molar-refractivity contribution in [3.8, 4) is 0 Å². The van der Waals surface area contributed by atoms with Crippen LogP contribution in [0.5, 0.6) is 0 Å². The van der Waals surface area contributed by atoms with E-state index in [0.717, 1.165) is 11.1 Å². The zero-order chi connectivity index (χ0) is 13.5. The van der Waals surface area contributed by atoms with Crippen LogP contribution in [-0.2, 0) is 17.1 Å². The third-order valence-electron chi connectivity index (χ3n) is 2.57. The fourth-order valence-electron chi connectivity index (χ4n) is 1.56. The van der Waals surface area contributed by atoms with Gasteiger partial charge in [0.2, 0.25) is 5.91 Å². The highest BCUT2D eigenvalue weighted by Crippen LogP contribution is 2.12. The fraction of sp³-hybridized carbons (Fsp3) is 0.214. The molecule has 1 aromatic carbocycles. The van der Waals surface area contributed by atoms with Crippen LogP contribution in [-0.4, -0.2) is 16.6 Å². The number of aromatic nitrogens is 1. The van der Waals surface area contributed by atoms with Gasteiger partial charge in [0.25, 0.3) is 0 Å². The first-order chi connectivity index (χ1) is 9.24. The SMILES string of the molecule is O=C(CSCc1ccc(F)cc1)NCc1cc[nH]c1. The van der Waals surface area contributed by atoms with Crippen molar-refractivity contribution in [3.63, 3.8) is 0 Å². The highest BCUT2D eigenvalue weighted by atomic mass is 32.2. The third kappa shape index (κ3) is 4.79. The summed E-state index contributed by atoms with van der Waals surface area (Å²) in [6.45, 7) is 0.541. The second-order valence-corrected chi connectivity index (χ2v) is 5.10. The van der Waals surface area contributed by atoms with Crippen LogP contribution in [0.15, 0.2) is 42.7 Å². The number of benzene rings is 1. The minimum absolute atomic E-state index is 0.00770. The number of aromatic amines is 1. The smallest absolute Gasteiger partial charge is 0.230 e. The number of nitrogens with one attached hydrogen (secondary N) is 2. The monoisotopic (exact) mass is 278 g/mol. The van der Waals surface area contributed by atoms with Crippen molar-refractivity contribution < 1.29 is 9.18 Å². The van der Waals surface area contributed by atoms with E-state index in [2.05, 4.69) is 10.3 Å². The van der Waals surface area contributed by atoms with E-state index in [4.69, 9.17) is 0 Å². The maximum atomic E-state index is 12.7. The molecule has 3 nitrogen and oxygen atoms in total. The number of H-pyrrole nitrogens is 1. The Labute approximate surface area is 115 Å². The molecule has 0 aliphatic carbocycles. The molecule has 5 heteroatoms. The Bertz CT molecular complexity index is 511. The van der Waals surface area contributed by atoms with Crippen molar-refractivity contribution in [3.05, 3.63) is 59.7 Å². The molecule has 0 unspecified atom stereocenters. The largest absolute Gasteiger partial charge is 0.367 e. The highest BCUT2D eigenvalue weighted by Gasteiger charge is 2.02. The molecule has 2 N–H and O–H groups in total. The van der Waals surface area contributed by atoms with Crippen LogP contribution in [0.4, 0.5) is 4.39 Å². The van der Waals surface area contributed by atoms with Crippen molar-refractivity contribution in [2.24, 2.45) is 0 Å². The zero-order valence-corrected chi connectivity index (χ0v) is 11.2. The van der Waals surface area contributed by atoms with Crippen LogP contribution in [0, 0.1) is 5.82 Å². The van der Waals surface area contributed by atoms with Gasteiger partial charge in [-0.25, -0.2) is 4.39 Å². The van der Waals surface area contributed by atoms with Gasteiger partial charge in [0.15, 0.2) is 0 Å². The lowest BCUT2D eigenvalue weighted by atomic mass is 10.2. The van der Waals surface area contributed by atoms with Crippen molar-refractivity contribution in [2.45, 2.75) is 12.3 Å². The Kier molecular flexibility index (Phi) is 5.03. The van der Waals surface area contributed by atoms with Gasteiger partial charge >= 0.3 is 0 Å². The summed E-state index contributed by atoms with van der Waals surface area (Å²) in [5, 5.41) is 2.84. The Balaban J connectivity index is 1.65. The molecule has 0 bridgehead atoms. The molecule has 1 heterocycles. The highest BCUT2D eigenvalue weighted by molar-refractivity contribution is 7.99. The quantitative estimate of drug-likeness (QED) is 0.853. The van der Waals surface area contributed by atoms with Crippen molar-refractivity contribution in [1.29, 1.82) is 0 Å². The molecule has 0 saturated heterocycles. The minimum atomic E-state index is -0.238. The van der Waals surface area contributed by atoms with E-state index in [9.17, 15) is 9.18 Å². The zero-order valence-electron chi connectivity index (χ0n) is 10.4. The maximum absolute atomic E-state index is 12.7. The molecule has 0 spiro atoms. The summed E-state index contributed by atoms with van der Waals surface area (Å²) in [6.07, 6.45) is 3.68. The van der Waals surface area contributed by atoms with Gasteiger partial charge in [0, 0.05) is 24.7 Å². The van der Waals surface area contributed by atoms with E-state index in [-0.39, 0.29) is 11.7 Å². The molecule has 19 heavy (non-hydrogen) atoms. The molecule has 100 valence electrons. The number of carbonyl (C=O) groups is 1. The number of carbonyl (C=O) groups excluding carboxylic acids is 1. The van der Waals surface area contributed by atoms with Gasteiger partial charge in [-0.1, -0.05) is 12.1 Å². The Morgan fingerprint density at radius 1 is 1.21 bits per heavy atom. The van der Waals surface area contributed by atoms with Gasteiger partial charge < -0.3 is 10.3 Å². The molecule has 1 aromatic heterocycles. The van der Waals surface area contributed by atoms with Crippen LogP contribution < -0.4 is 5.32 Å². The Hall–Kier alpha value is -1.75. The fourth-order valence-corrected chi connectivity index (χ4v) is 2.38. The first-order valence-electron chi connectivity index (χ1n) is 5.94. The standard InChI is InChI=1S/C14H15FN2OS/c15-13-3-1-11(2-4-13)9-19-10-14(18)17-8-12-5-6-16-7-12/h1-7,16H,8-10H2,(H,17,18). The molecule has 0 aliphatic heterocycles. The molecule has 0 radical (unpaired) electrons. The van der Waals surface area contributed by atoms with E-state index in [1.54, 1.807) is 12.1 Å². The van der Waals surface area contributed by atoms with E-state index in [1.807, 2.05) is 18.5 Å². The summed E-state index contributed by atoms with van der Waals surface area (Å²) in [6, 6.07) is 8.26. The van der Waals surface area contributed by atoms with Gasteiger partial charge in [0.05, 0.1) is 5.75 Å². The number of thioether (sulfide) groups is 1. The van der Waals surface area contributed by atoms with Crippen molar-refractivity contribution >= 4 is 17.7 Å². The molecule has 1 amide bonds. The molecule has 0 saturated carbocycles. The van der Waals surface area contributed by atoms with Crippen LogP contribution >= 0.6 is 11.8 Å². The summed E-state index contributed by atoms with van der Waals surface area (Å²) < 4.78 is 12.7. The number of halogens is 1. The molecular formula is C14H15FN2OS. The molecule has 0 aliphatic rings. The predicted molar refractivity (Wildman–Crippen MR) is 75.2 cm³/mol. The first kappa shape index (κ1) is 13.7. The summed E-state index contributed by atoms with van der Waals surface area (Å²) >= 11 is 1.52. The van der Waals surface area contributed by atoms with Crippen molar-refractivity contribution in [2.75, 3.05) is 5.75 Å². The van der Waals surface area contributed by atoms with Gasteiger partial charge in [-0.05, 0) is 29.3 Å². The van der Waals surface area contributed by atoms with E-state index >= 15 is 0 Å². The van der Waals surface area contributed by atoms with Gasteiger partial charge in [-0.15, -0.1) is 11.8 Å². The number of amides is 1. The summed E-state index contributed by atoms with van der Waals surface area (Å²) in [7, 11) is 0. The molecule has 2 aromatic rings. The second-order valence-electron chi connectivity index (χ2n) is 4.12. The predicted octanol–water partition coefficient (Wildman–Crippen LogP) is 2.70. The van der Waals surface area contributed by atoms with E-state index < -0.39 is 0 Å². The average Bonchev–Trinajstić information content (AvgIpc) is 2.92. The summed E-state index contributed by atoms with van der Waals surface area (Å²) in [4.78, 5) is 14.5. The van der Waals surface area contributed by atoms with Crippen LogP contribution in [0.2, 0.25) is 0 Å². The second kappa shape index (κ2) is 6.99. The summed E-state index contributed by atoms with van der Waals surface area (Å²) in [5.41, 5.74) is 2.07. The Morgan fingerprint density at radius 2 is 2.00 bits per heavy atom. The minimum Gasteiger partial charge on any atom is -0.367 e. The van der Waals surface area contributed by atoms with Gasteiger partial charge in [-0.3, -0.25) is 4.79 Å². The average molecular weight is 278 g/mol. The molecule has 0 atom stereocenters. The third-order valence-corrected chi connectivity index (χ3v) is 3.57. The first-order valence-corrected chi connectivity index (χ1v) is 7.10. The lowest BCUT2D eigenvalue weighted by Gasteiger charge is -2.04. The maximum Gasteiger partial charge on any atom is 0.230 e. The number of hydrogen-bond donors (Lipinski definition) is 2. The van der Waals surface area contributed by atoms with Gasteiger partial charge in [-0.2, -0.15) is 0 Å². The number of hydrogen-bond acceptors (Lipinski definition) is 2.